The van der Waals surface area contributed by atoms with Crippen LogP contribution in [0.3, 0.4) is 0 Å². The van der Waals surface area contributed by atoms with Gasteiger partial charge in [-0.05, 0) is 38.6 Å². The lowest BCUT2D eigenvalue weighted by molar-refractivity contribution is -0.145. The molecule has 0 aliphatic carbocycles. The molecule has 1 aromatic carbocycles. The van der Waals surface area contributed by atoms with Gasteiger partial charge in [0.1, 0.15) is 5.75 Å². The highest BCUT2D eigenvalue weighted by atomic mass is 19.4. The van der Waals surface area contributed by atoms with Crippen LogP contribution in [0.2, 0.25) is 0 Å². The molecule has 0 bridgehead atoms. The Hall–Kier alpha value is -1.27. The van der Waals surface area contributed by atoms with E-state index >= 15 is 0 Å². The Morgan fingerprint density at radius 2 is 1.75 bits per heavy atom. The van der Waals surface area contributed by atoms with E-state index in [1.165, 1.54) is 7.05 Å². The lowest BCUT2D eigenvalue weighted by Crippen LogP contribution is -2.34. The summed E-state index contributed by atoms with van der Waals surface area (Å²) >= 11 is 0. The lowest BCUT2D eigenvalue weighted by Gasteiger charge is -2.22. The van der Waals surface area contributed by atoms with Crippen LogP contribution < -0.4 is 4.74 Å². The molecule has 0 amide bonds. The third kappa shape index (κ3) is 6.25. The van der Waals surface area contributed by atoms with Gasteiger partial charge < -0.3 is 9.84 Å². The molecule has 0 aliphatic rings. The van der Waals surface area contributed by atoms with Crippen LogP contribution in [-0.4, -0.2) is 42.4 Å². The van der Waals surface area contributed by atoms with Crippen molar-refractivity contribution in [1.82, 2.24) is 4.90 Å². The van der Waals surface area contributed by atoms with E-state index in [9.17, 15) is 18.3 Å². The number of nitrogens with zero attached hydrogens (tertiary/aromatic N) is 1. The Morgan fingerprint density at radius 3 is 2.20 bits per heavy atom. The molecule has 0 radical (unpaired) electrons. The van der Waals surface area contributed by atoms with Crippen molar-refractivity contribution in [2.24, 2.45) is 0 Å². The maximum Gasteiger partial charge on any atom is 0.401 e. The van der Waals surface area contributed by atoms with Crippen molar-refractivity contribution in [3.05, 3.63) is 29.8 Å². The second-order valence-electron chi connectivity index (χ2n) is 5.06. The molecule has 1 aromatic rings. The normalized spacial score (nSPS) is 13.8. The van der Waals surface area contributed by atoms with Gasteiger partial charge in [-0.15, -0.1) is 0 Å². The fourth-order valence-corrected chi connectivity index (χ4v) is 1.81. The number of ether oxygens (including phenoxy) is 1. The van der Waals surface area contributed by atoms with Gasteiger partial charge in [-0.3, -0.25) is 4.90 Å². The van der Waals surface area contributed by atoms with Crippen LogP contribution >= 0.6 is 0 Å². The Balaban J connectivity index is 2.57. The van der Waals surface area contributed by atoms with E-state index in [-0.39, 0.29) is 12.6 Å². The maximum absolute atomic E-state index is 12.2. The van der Waals surface area contributed by atoms with Crippen LogP contribution in [0.1, 0.15) is 25.5 Å². The zero-order valence-corrected chi connectivity index (χ0v) is 11.8. The molecule has 1 unspecified atom stereocenters. The summed E-state index contributed by atoms with van der Waals surface area (Å²) in [4.78, 5) is 1.04. The van der Waals surface area contributed by atoms with Gasteiger partial charge in [-0.1, -0.05) is 12.1 Å². The van der Waals surface area contributed by atoms with Gasteiger partial charge in [-0.25, -0.2) is 0 Å². The third-order valence-electron chi connectivity index (χ3n) is 2.57. The molecule has 0 heterocycles. The molecular weight excluding hydrogens is 271 g/mol. The quantitative estimate of drug-likeness (QED) is 0.874. The van der Waals surface area contributed by atoms with Crippen molar-refractivity contribution in [2.45, 2.75) is 32.2 Å². The number of alkyl halides is 3. The number of hydrogen-bond acceptors (Lipinski definition) is 3. The van der Waals surface area contributed by atoms with Gasteiger partial charge in [0.2, 0.25) is 0 Å². The largest absolute Gasteiger partial charge is 0.491 e. The van der Waals surface area contributed by atoms with Crippen molar-refractivity contribution >= 4 is 0 Å². The smallest absolute Gasteiger partial charge is 0.401 e. The van der Waals surface area contributed by atoms with Crippen LogP contribution in [0.25, 0.3) is 0 Å². The summed E-state index contributed by atoms with van der Waals surface area (Å²) in [6, 6.07) is 6.71. The maximum atomic E-state index is 12.2. The number of benzene rings is 1. The highest BCUT2D eigenvalue weighted by Gasteiger charge is 2.29. The van der Waals surface area contributed by atoms with Crippen LogP contribution in [0.4, 0.5) is 13.2 Å². The molecule has 0 aliphatic heterocycles. The van der Waals surface area contributed by atoms with Gasteiger partial charge in [0, 0.05) is 6.54 Å². The number of halogens is 3. The first-order valence-corrected chi connectivity index (χ1v) is 6.37. The van der Waals surface area contributed by atoms with Crippen molar-refractivity contribution in [1.29, 1.82) is 0 Å². The second kappa shape index (κ2) is 6.95. The minimum absolute atomic E-state index is 0.0451. The van der Waals surface area contributed by atoms with E-state index in [2.05, 4.69) is 0 Å². The summed E-state index contributed by atoms with van der Waals surface area (Å²) < 4.78 is 42.0. The predicted octanol–water partition coefficient (Wildman–Crippen LogP) is 3.00. The minimum Gasteiger partial charge on any atom is -0.491 e. The topological polar surface area (TPSA) is 32.7 Å². The number of rotatable bonds is 6. The van der Waals surface area contributed by atoms with Gasteiger partial charge in [0.15, 0.2) is 0 Å². The van der Waals surface area contributed by atoms with Gasteiger partial charge in [0.25, 0.3) is 0 Å². The first-order valence-electron chi connectivity index (χ1n) is 6.37. The zero-order chi connectivity index (χ0) is 15.3. The molecular formula is C14H20F3NO2. The van der Waals surface area contributed by atoms with E-state index in [1.807, 2.05) is 13.8 Å². The van der Waals surface area contributed by atoms with Crippen molar-refractivity contribution < 1.29 is 23.0 Å². The molecule has 114 valence electrons. The first kappa shape index (κ1) is 16.8. The van der Waals surface area contributed by atoms with Gasteiger partial charge in [-0.2, -0.15) is 13.2 Å². The predicted molar refractivity (Wildman–Crippen MR) is 70.7 cm³/mol. The summed E-state index contributed by atoms with van der Waals surface area (Å²) in [5.74, 6) is 0.666. The van der Waals surface area contributed by atoms with E-state index in [1.54, 1.807) is 24.3 Å². The summed E-state index contributed by atoms with van der Waals surface area (Å²) in [7, 11) is 1.33. The molecule has 6 heteroatoms. The summed E-state index contributed by atoms with van der Waals surface area (Å²) in [5, 5.41) is 9.91. The fraction of sp³-hybridized carbons (Fsp3) is 0.571. The summed E-state index contributed by atoms with van der Waals surface area (Å²) in [5.41, 5.74) is 0.565. The average Bonchev–Trinajstić information content (AvgIpc) is 2.26. The molecule has 0 saturated heterocycles. The molecule has 0 fully saturated rings. The molecule has 1 atom stereocenters. The number of aliphatic hydroxyl groups is 1. The second-order valence-corrected chi connectivity index (χ2v) is 5.06. The highest BCUT2D eigenvalue weighted by Crippen LogP contribution is 2.21. The highest BCUT2D eigenvalue weighted by molar-refractivity contribution is 5.28. The monoisotopic (exact) mass is 291 g/mol. The molecule has 1 N–H and O–H groups in total. The number of aliphatic hydroxyl groups excluding tert-OH is 1. The molecule has 0 aromatic heterocycles. The van der Waals surface area contributed by atoms with Crippen LogP contribution in [0.5, 0.6) is 5.75 Å². The first-order chi connectivity index (χ1) is 9.17. The molecule has 1 rings (SSSR count). The average molecular weight is 291 g/mol. The van der Waals surface area contributed by atoms with Gasteiger partial charge in [0.05, 0.1) is 18.8 Å². The van der Waals surface area contributed by atoms with E-state index in [4.69, 9.17) is 4.74 Å². The van der Waals surface area contributed by atoms with Crippen LogP contribution in [-0.2, 0) is 0 Å². The van der Waals surface area contributed by atoms with Crippen LogP contribution in [0.15, 0.2) is 24.3 Å². The van der Waals surface area contributed by atoms with Crippen LogP contribution in [0, 0.1) is 0 Å². The standard InChI is InChI=1S/C14H20F3NO2/c1-10(2)20-12-6-4-11(5-7-12)13(19)8-18(3)9-14(15,16)17/h4-7,10,13,19H,8-9H2,1-3H3. The Labute approximate surface area is 117 Å². The zero-order valence-electron chi connectivity index (χ0n) is 11.8. The Morgan fingerprint density at radius 1 is 1.20 bits per heavy atom. The SMILES string of the molecule is CC(C)Oc1ccc(C(O)CN(C)CC(F)(F)F)cc1. The summed E-state index contributed by atoms with van der Waals surface area (Å²) in [6.45, 7) is 2.67. The molecule has 3 nitrogen and oxygen atoms in total. The van der Waals surface area contributed by atoms with E-state index in [0.29, 0.717) is 11.3 Å². The van der Waals surface area contributed by atoms with Gasteiger partial charge >= 0.3 is 6.18 Å². The van der Waals surface area contributed by atoms with Crippen molar-refractivity contribution in [3.63, 3.8) is 0 Å². The molecule has 0 spiro atoms. The lowest BCUT2D eigenvalue weighted by atomic mass is 10.1. The van der Waals surface area contributed by atoms with Crippen molar-refractivity contribution in [2.75, 3.05) is 20.1 Å². The summed E-state index contributed by atoms with van der Waals surface area (Å²) in [6.07, 6.45) is -5.18. The molecule has 0 saturated carbocycles. The Bertz CT molecular complexity index is 404. The van der Waals surface area contributed by atoms with E-state index in [0.717, 1.165) is 4.90 Å². The molecule has 20 heavy (non-hydrogen) atoms. The van der Waals surface area contributed by atoms with E-state index < -0.39 is 18.8 Å². The van der Waals surface area contributed by atoms with Crippen molar-refractivity contribution in [3.8, 4) is 5.75 Å². The number of hydrogen-bond donors (Lipinski definition) is 1. The third-order valence-corrected chi connectivity index (χ3v) is 2.57. The minimum atomic E-state index is -4.26. The Kier molecular flexibility index (Phi) is 5.83. The fourth-order valence-electron chi connectivity index (χ4n) is 1.81. The number of likely N-dealkylation sites (N-methyl/N-ethyl adjacent to an activating group) is 1.